The van der Waals surface area contributed by atoms with Crippen molar-refractivity contribution < 1.29 is 19.5 Å². The van der Waals surface area contributed by atoms with Crippen LogP contribution in [0.25, 0.3) is 0 Å². The summed E-state index contributed by atoms with van der Waals surface area (Å²) < 4.78 is 0. The van der Waals surface area contributed by atoms with Crippen LogP contribution in [0.4, 0.5) is 5.69 Å². The van der Waals surface area contributed by atoms with Gasteiger partial charge in [0.2, 0.25) is 11.8 Å². The van der Waals surface area contributed by atoms with Crippen LogP contribution in [0.5, 0.6) is 0 Å². The van der Waals surface area contributed by atoms with Gasteiger partial charge in [-0.15, -0.1) is 0 Å². The quantitative estimate of drug-likeness (QED) is 0.707. The van der Waals surface area contributed by atoms with Gasteiger partial charge in [0.15, 0.2) is 0 Å². The van der Waals surface area contributed by atoms with Crippen LogP contribution >= 0.6 is 0 Å². The molecule has 1 fully saturated rings. The van der Waals surface area contributed by atoms with Crippen LogP contribution in [-0.2, 0) is 14.4 Å². The number of nitrogens with two attached hydrogens (primary N) is 1. The molecule has 2 rings (SSSR count). The summed E-state index contributed by atoms with van der Waals surface area (Å²) in [5, 5.41) is 11.2. The first-order valence-corrected chi connectivity index (χ1v) is 6.62. The van der Waals surface area contributed by atoms with Gasteiger partial charge in [-0.1, -0.05) is 12.1 Å². The minimum atomic E-state index is -0.899. The first kappa shape index (κ1) is 15.0. The number of anilines is 1. The summed E-state index contributed by atoms with van der Waals surface area (Å²) in [7, 11) is 0. The van der Waals surface area contributed by atoms with E-state index in [-0.39, 0.29) is 31.3 Å². The first-order chi connectivity index (χ1) is 9.97. The van der Waals surface area contributed by atoms with Gasteiger partial charge in [0, 0.05) is 18.2 Å². The van der Waals surface area contributed by atoms with Crippen molar-refractivity contribution in [3.05, 3.63) is 29.8 Å². The Labute approximate surface area is 121 Å². The normalized spacial score (nSPS) is 16.5. The van der Waals surface area contributed by atoms with Gasteiger partial charge in [0.25, 0.3) is 0 Å². The molecule has 7 nitrogen and oxygen atoms in total. The summed E-state index contributed by atoms with van der Waals surface area (Å²) in [6, 6.07) is 6.55. The highest BCUT2D eigenvalue weighted by atomic mass is 16.4. The SMILES string of the molecule is NC(CCC(=O)O)c1cccc(N2CC(=O)NCC2=O)c1. The Morgan fingerprint density at radius 1 is 1.43 bits per heavy atom. The number of carbonyl (C=O) groups excluding carboxylic acids is 2. The fourth-order valence-electron chi connectivity index (χ4n) is 2.16. The molecule has 0 radical (unpaired) electrons. The van der Waals surface area contributed by atoms with Crippen molar-refractivity contribution in [1.82, 2.24) is 5.32 Å². The van der Waals surface area contributed by atoms with Gasteiger partial charge < -0.3 is 21.1 Å². The molecule has 1 heterocycles. The first-order valence-electron chi connectivity index (χ1n) is 6.62. The second-order valence-corrected chi connectivity index (χ2v) is 4.89. The predicted molar refractivity (Wildman–Crippen MR) is 75.6 cm³/mol. The summed E-state index contributed by atoms with van der Waals surface area (Å²) in [6.07, 6.45) is 0.295. The highest BCUT2D eigenvalue weighted by molar-refractivity contribution is 6.04. The van der Waals surface area contributed by atoms with E-state index in [0.717, 1.165) is 5.56 Å². The predicted octanol–water partition coefficient (Wildman–Crippen LogP) is 0.0140. The Morgan fingerprint density at radius 3 is 2.90 bits per heavy atom. The highest BCUT2D eigenvalue weighted by Crippen LogP contribution is 2.23. The number of rotatable bonds is 5. The molecule has 1 aliphatic heterocycles. The van der Waals surface area contributed by atoms with Gasteiger partial charge in [-0.25, -0.2) is 0 Å². The molecule has 1 atom stereocenters. The number of amides is 2. The molecule has 1 aromatic carbocycles. The monoisotopic (exact) mass is 291 g/mol. The molecule has 0 aliphatic carbocycles. The molecule has 0 saturated carbocycles. The maximum absolute atomic E-state index is 11.8. The van der Waals surface area contributed by atoms with E-state index in [0.29, 0.717) is 12.1 Å². The lowest BCUT2D eigenvalue weighted by molar-refractivity contribution is -0.137. The van der Waals surface area contributed by atoms with Crippen LogP contribution in [0.1, 0.15) is 24.4 Å². The number of hydrogen-bond acceptors (Lipinski definition) is 4. The van der Waals surface area contributed by atoms with Crippen molar-refractivity contribution in [3.63, 3.8) is 0 Å². The molecule has 0 spiro atoms. The fraction of sp³-hybridized carbons (Fsp3) is 0.357. The van der Waals surface area contributed by atoms with E-state index in [1.807, 2.05) is 0 Å². The van der Waals surface area contributed by atoms with E-state index >= 15 is 0 Å². The van der Waals surface area contributed by atoms with E-state index < -0.39 is 12.0 Å². The van der Waals surface area contributed by atoms with Gasteiger partial charge in [-0.2, -0.15) is 0 Å². The topological polar surface area (TPSA) is 113 Å². The largest absolute Gasteiger partial charge is 0.481 e. The average Bonchev–Trinajstić information content (AvgIpc) is 2.47. The lowest BCUT2D eigenvalue weighted by atomic mass is 10.0. The summed E-state index contributed by atoms with van der Waals surface area (Å²) in [5.41, 5.74) is 7.30. The second-order valence-electron chi connectivity index (χ2n) is 4.89. The molecule has 4 N–H and O–H groups in total. The van der Waals surface area contributed by atoms with Crippen molar-refractivity contribution in [3.8, 4) is 0 Å². The molecule has 1 saturated heterocycles. The zero-order valence-electron chi connectivity index (χ0n) is 11.4. The van der Waals surface area contributed by atoms with E-state index in [9.17, 15) is 14.4 Å². The number of nitrogens with zero attached hydrogens (tertiary/aromatic N) is 1. The lowest BCUT2D eigenvalue weighted by Crippen LogP contribution is -2.51. The van der Waals surface area contributed by atoms with Crippen LogP contribution in [0, 0.1) is 0 Å². The van der Waals surface area contributed by atoms with Gasteiger partial charge in [0.1, 0.15) is 6.54 Å². The maximum Gasteiger partial charge on any atom is 0.303 e. The molecule has 21 heavy (non-hydrogen) atoms. The second kappa shape index (κ2) is 6.36. The van der Waals surface area contributed by atoms with Crippen molar-refractivity contribution in [2.24, 2.45) is 5.73 Å². The summed E-state index contributed by atoms with van der Waals surface area (Å²) in [4.78, 5) is 35.2. The smallest absolute Gasteiger partial charge is 0.303 e. The third kappa shape index (κ3) is 3.79. The van der Waals surface area contributed by atoms with Crippen LogP contribution in [-0.4, -0.2) is 36.0 Å². The zero-order valence-corrected chi connectivity index (χ0v) is 11.4. The molecule has 2 amide bonds. The van der Waals surface area contributed by atoms with E-state index in [2.05, 4.69) is 5.32 Å². The number of hydrogen-bond donors (Lipinski definition) is 3. The Morgan fingerprint density at radius 2 is 2.19 bits per heavy atom. The molecular formula is C14H17N3O4. The molecule has 0 aromatic heterocycles. The molecule has 1 aromatic rings. The van der Waals surface area contributed by atoms with Crippen LogP contribution < -0.4 is 16.0 Å². The van der Waals surface area contributed by atoms with Crippen molar-refractivity contribution >= 4 is 23.5 Å². The lowest BCUT2D eigenvalue weighted by Gasteiger charge is -2.27. The van der Waals surface area contributed by atoms with Gasteiger partial charge in [-0.05, 0) is 24.1 Å². The number of carboxylic acids is 1. The number of piperazine rings is 1. The number of carbonyl (C=O) groups is 3. The van der Waals surface area contributed by atoms with E-state index in [4.69, 9.17) is 10.8 Å². The Bertz CT molecular complexity index is 573. The third-order valence-corrected chi connectivity index (χ3v) is 3.32. The molecule has 1 unspecified atom stereocenters. The number of aliphatic carboxylic acids is 1. The Balaban J connectivity index is 2.14. The van der Waals surface area contributed by atoms with Crippen LogP contribution in [0.2, 0.25) is 0 Å². The molecule has 1 aliphatic rings. The van der Waals surface area contributed by atoms with Crippen molar-refractivity contribution in [2.75, 3.05) is 18.0 Å². The zero-order chi connectivity index (χ0) is 15.4. The van der Waals surface area contributed by atoms with E-state index in [1.54, 1.807) is 24.3 Å². The van der Waals surface area contributed by atoms with E-state index in [1.165, 1.54) is 4.90 Å². The Kier molecular flexibility index (Phi) is 4.54. The third-order valence-electron chi connectivity index (χ3n) is 3.32. The molecule has 7 heteroatoms. The molecule has 0 bridgehead atoms. The number of benzene rings is 1. The van der Waals surface area contributed by atoms with Gasteiger partial charge in [-0.3, -0.25) is 14.4 Å². The van der Waals surface area contributed by atoms with Crippen molar-refractivity contribution in [2.45, 2.75) is 18.9 Å². The molecule has 112 valence electrons. The maximum atomic E-state index is 11.8. The summed E-state index contributed by atoms with van der Waals surface area (Å²) >= 11 is 0. The van der Waals surface area contributed by atoms with Gasteiger partial charge in [0.05, 0.1) is 6.54 Å². The van der Waals surface area contributed by atoms with Crippen LogP contribution in [0.3, 0.4) is 0 Å². The van der Waals surface area contributed by atoms with Crippen LogP contribution in [0.15, 0.2) is 24.3 Å². The average molecular weight is 291 g/mol. The fourth-order valence-corrected chi connectivity index (χ4v) is 2.16. The minimum absolute atomic E-state index is 0.0174. The van der Waals surface area contributed by atoms with Crippen molar-refractivity contribution in [1.29, 1.82) is 0 Å². The number of nitrogens with one attached hydrogen (secondary N) is 1. The summed E-state index contributed by atoms with van der Waals surface area (Å²) in [5.74, 6) is -1.30. The summed E-state index contributed by atoms with van der Waals surface area (Å²) in [6.45, 7) is -0.0409. The number of carboxylic acid groups (broad SMARTS) is 1. The highest BCUT2D eigenvalue weighted by Gasteiger charge is 2.24. The Hall–Kier alpha value is -2.41. The minimum Gasteiger partial charge on any atom is -0.481 e. The standard InChI is InChI=1S/C14H17N3O4/c15-11(4-5-14(20)21)9-2-1-3-10(6-9)17-8-12(18)16-7-13(17)19/h1-3,6,11H,4-5,7-8,15H2,(H,16,18)(H,20,21). The van der Waals surface area contributed by atoms with Gasteiger partial charge >= 0.3 is 5.97 Å². The molecular weight excluding hydrogens is 274 g/mol.